The second-order valence-electron chi connectivity index (χ2n) is 6.42. The van der Waals surface area contributed by atoms with Crippen LogP contribution >= 0.6 is 0 Å². The van der Waals surface area contributed by atoms with E-state index in [2.05, 4.69) is 12.1 Å². The first-order valence-corrected chi connectivity index (χ1v) is 8.18. The molecule has 0 saturated heterocycles. The predicted octanol–water partition coefficient (Wildman–Crippen LogP) is 2.62. The van der Waals surface area contributed by atoms with Crippen molar-refractivity contribution in [3.05, 3.63) is 35.9 Å². The summed E-state index contributed by atoms with van der Waals surface area (Å²) in [5.41, 5.74) is 1.21. The fourth-order valence-electron chi connectivity index (χ4n) is 3.54. The monoisotopic (exact) mass is 306 g/mol. The van der Waals surface area contributed by atoms with E-state index < -0.39 is 18.2 Å². The van der Waals surface area contributed by atoms with Gasteiger partial charge in [-0.15, -0.1) is 0 Å². The topological polar surface area (TPSA) is 77.8 Å². The van der Waals surface area contributed by atoms with E-state index in [-0.39, 0.29) is 18.3 Å². The maximum atomic E-state index is 10.9. The molecule has 0 radical (unpaired) electrons. The summed E-state index contributed by atoms with van der Waals surface area (Å²) in [6, 6.07) is 10.1. The Morgan fingerprint density at radius 3 is 2.59 bits per heavy atom. The van der Waals surface area contributed by atoms with Gasteiger partial charge in [-0.1, -0.05) is 30.3 Å². The molecule has 4 heteroatoms. The van der Waals surface area contributed by atoms with Crippen molar-refractivity contribution in [2.24, 2.45) is 11.8 Å². The van der Waals surface area contributed by atoms with E-state index in [1.807, 2.05) is 18.2 Å². The third-order valence-corrected chi connectivity index (χ3v) is 4.81. The van der Waals surface area contributed by atoms with Crippen LogP contribution < -0.4 is 0 Å². The largest absolute Gasteiger partial charge is 0.481 e. The van der Waals surface area contributed by atoms with Gasteiger partial charge in [-0.25, -0.2) is 0 Å². The number of aliphatic carboxylic acids is 1. The first kappa shape index (κ1) is 17.0. The lowest BCUT2D eigenvalue weighted by atomic mass is 9.86. The Hall–Kier alpha value is -1.39. The maximum Gasteiger partial charge on any atom is 0.303 e. The number of hydrogen-bond donors (Lipinski definition) is 3. The minimum absolute atomic E-state index is 0.0162. The minimum Gasteiger partial charge on any atom is -0.481 e. The van der Waals surface area contributed by atoms with Crippen molar-refractivity contribution in [2.75, 3.05) is 0 Å². The first-order valence-electron chi connectivity index (χ1n) is 8.18. The van der Waals surface area contributed by atoms with Crippen LogP contribution in [0.1, 0.15) is 44.1 Å². The number of hydrogen-bond acceptors (Lipinski definition) is 3. The van der Waals surface area contributed by atoms with Crippen LogP contribution in [0.2, 0.25) is 0 Å². The molecule has 0 spiro atoms. The van der Waals surface area contributed by atoms with Crippen molar-refractivity contribution in [3.8, 4) is 0 Å². The van der Waals surface area contributed by atoms with E-state index in [0.717, 1.165) is 12.8 Å². The van der Waals surface area contributed by atoms with Crippen molar-refractivity contribution < 1.29 is 20.1 Å². The third kappa shape index (κ3) is 5.11. The minimum atomic E-state index is -0.797. The highest BCUT2D eigenvalue weighted by Gasteiger charge is 2.35. The Morgan fingerprint density at radius 1 is 1.18 bits per heavy atom. The molecule has 4 nitrogen and oxygen atoms in total. The van der Waals surface area contributed by atoms with Crippen LogP contribution in [0.4, 0.5) is 0 Å². The summed E-state index contributed by atoms with van der Waals surface area (Å²) < 4.78 is 0. The van der Waals surface area contributed by atoms with Gasteiger partial charge in [0.1, 0.15) is 0 Å². The summed E-state index contributed by atoms with van der Waals surface area (Å²) in [6.07, 6.45) is 3.66. The van der Waals surface area contributed by atoms with Gasteiger partial charge in [-0.2, -0.15) is 0 Å². The van der Waals surface area contributed by atoms with E-state index in [0.29, 0.717) is 25.7 Å². The smallest absolute Gasteiger partial charge is 0.303 e. The van der Waals surface area contributed by atoms with E-state index in [1.165, 1.54) is 5.56 Å². The van der Waals surface area contributed by atoms with Gasteiger partial charge in [0.25, 0.3) is 0 Å². The normalized spacial score (nSPS) is 26.0. The van der Waals surface area contributed by atoms with E-state index >= 15 is 0 Å². The fourth-order valence-corrected chi connectivity index (χ4v) is 3.54. The summed E-state index contributed by atoms with van der Waals surface area (Å²) in [7, 11) is 0. The molecule has 0 amide bonds. The number of aryl methyl sites for hydroxylation is 1. The average molecular weight is 306 g/mol. The van der Waals surface area contributed by atoms with Gasteiger partial charge in [-0.3, -0.25) is 4.79 Å². The number of aliphatic hydroxyl groups excluding tert-OH is 2. The van der Waals surface area contributed by atoms with Crippen molar-refractivity contribution >= 4 is 5.97 Å². The van der Waals surface area contributed by atoms with Gasteiger partial charge in [0, 0.05) is 6.42 Å². The summed E-state index contributed by atoms with van der Waals surface area (Å²) in [6.45, 7) is 0. The van der Waals surface area contributed by atoms with Gasteiger partial charge in [-0.05, 0) is 55.9 Å². The molecule has 22 heavy (non-hydrogen) atoms. The Morgan fingerprint density at radius 2 is 1.91 bits per heavy atom. The second-order valence-corrected chi connectivity index (χ2v) is 6.42. The number of benzene rings is 1. The molecule has 2 rings (SSSR count). The standard InChI is InChI=1S/C18H26O4/c19-15(8-6-13-4-2-1-3-5-13)9-10-16-14(12-18(21)22)7-11-17(16)20/h1-5,14-17,19-20H,6-12H2,(H,21,22). The van der Waals surface area contributed by atoms with Gasteiger partial charge in [0.2, 0.25) is 0 Å². The molecule has 3 N–H and O–H groups in total. The molecule has 1 saturated carbocycles. The van der Waals surface area contributed by atoms with Crippen molar-refractivity contribution in [1.82, 2.24) is 0 Å². The van der Waals surface area contributed by atoms with Gasteiger partial charge < -0.3 is 15.3 Å². The number of carboxylic acids is 1. The Bertz CT molecular complexity index is 459. The zero-order valence-corrected chi connectivity index (χ0v) is 12.9. The molecule has 1 fully saturated rings. The van der Waals surface area contributed by atoms with Crippen LogP contribution in [-0.4, -0.2) is 33.5 Å². The van der Waals surface area contributed by atoms with Crippen molar-refractivity contribution in [1.29, 1.82) is 0 Å². The van der Waals surface area contributed by atoms with Crippen LogP contribution in [0.15, 0.2) is 30.3 Å². The van der Waals surface area contributed by atoms with Crippen LogP contribution in [0.25, 0.3) is 0 Å². The number of rotatable bonds is 8. The molecule has 1 aliphatic rings. The quantitative estimate of drug-likeness (QED) is 0.690. The van der Waals surface area contributed by atoms with Crippen LogP contribution in [0, 0.1) is 11.8 Å². The molecule has 1 aromatic rings. The third-order valence-electron chi connectivity index (χ3n) is 4.81. The molecular weight excluding hydrogens is 280 g/mol. The van der Waals surface area contributed by atoms with Gasteiger partial charge in [0.05, 0.1) is 12.2 Å². The van der Waals surface area contributed by atoms with Gasteiger partial charge >= 0.3 is 5.97 Å². The molecule has 0 aromatic heterocycles. The van der Waals surface area contributed by atoms with Crippen LogP contribution in [-0.2, 0) is 11.2 Å². The highest BCUT2D eigenvalue weighted by molar-refractivity contribution is 5.67. The molecule has 0 heterocycles. The Balaban J connectivity index is 1.74. The number of carbonyl (C=O) groups is 1. The summed E-state index contributed by atoms with van der Waals surface area (Å²) in [5, 5.41) is 29.1. The zero-order chi connectivity index (χ0) is 15.9. The molecule has 0 bridgehead atoms. The highest BCUT2D eigenvalue weighted by atomic mass is 16.4. The molecule has 4 atom stereocenters. The van der Waals surface area contributed by atoms with E-state index in [1.54, 1.807) is 0 Å². The lowest BCUT2D eigenvalue weighted by Crippen LogP contribution is -2.23. The maximum absolute atomic E-state index is 10.9. The molecule has 0 aliphatic heterocycles. The SMILES string of the molecule is O=C(O)CC1CCC(O)C1CCC(O)CCc1ccccc1. The highest BCUT2D eigenvalue weighted by Crippen LogP contribution is 2.37. The lowest BCUT2D eigenvalue weighted by Gasteiger charge is -2.22. The molecule has 4 unspecified atom stereocenters. The lowest BCUT2D eigenvalue weighted by molar-refractivity contribution is -0.138. The molecular formula is C18H26O4. The summed E-state index contributed by atoms with van der Waals surface area (Å²) in [4.78, 5) is 10.9. The van der Waals surface area contributed by atoms with Crippen molar-refractivity contribution in [3.63, 3.8) is 0 Å². The van der Waals surface area contributed by atoms with Crippen LogP contribution in [0.3, 0.4) is 0 Å². The molecule has 1 aliphatic carbocycles. The molecule has 1 aromatic carbocycles. The first-order chi connectivity index (χ1) is 10.6. The second kappa shape index (κ2) is 8.30. The Labute approximate surface area is 131 Å². The van der Waals surface area contributed by atoms with Crippen LogP contribution in [0.5, 0.6) is 0 Å². The van der Waals surface area contributed by atoms with E-state index in [9.17, 15) is 15.0 Å². The van der Waals surface area contributed by atoms with Crippen molar-refractivity contribution in [2.45, 2.75) is 57.2 Å². The number of carboxylic acid groups (broad SMARTS) is 1. The summed E-state index contributed by atoms with van der Waals surface area (Å²) >= 11 is 0. The number of aliphatic hydroxyl groups is 2. The van der Waals surface area contributed by atoms with Gasteiger partial charge in [0.15, 0.2) is 0 Å². The Kier molecular flexibility index (Phi) is 6.40. The fraction of sp³-hybridized carbons (Fsp3) is 0.611. The van der Waals surface area contributed by atoms with E-state index in [4.69, 9.17) is 5.11 Å². The average Bonchev–Trinajstić information content (AvgIpc) is 2.83. The summed E-state index contributed by atoms with van der Waals surface area (Å²) in [5.74, 6) is -0.731. The molecule has 122 valence electrons. The zero-order valence-electron chi connectivity index (χ0n) is 12.9. The predicted molar refractivity (Wildman–Crippen MR) is 84.5 cm³/mol.